The first-order chi connectivity index (χ1) is 9.34. The molecule has 2 rings (SSSR count). The van der Waals surface area contributed by atoms with Crippen molar-refractivity contribution in [3.63, 3.8) is 0 Å². The lowest BCUT2D eigenvalue weighted by Gasteiger charge is -2.41. The molecule has 0 heterocycles. The molecule has 0 aromatic heterocycles. The van der Waals surface area contributed by atoms with E-state index in [1.54, 1.807) is 0 Å². The fourth-order valence-electron chi connectivity index (χ4n) is 2.41. The Kier molecular flexibility index (Phi) is 3.74. The molecule has 1 aromatic rings. The van der Waals surface area contributed by atoms with Gasteiger partial charge in [-0.2, -0.15) is 0 Å². The van der Waals surface area contributed by atoms with Crippen LogP contribution in [-0.2, 0) is 4.79 Å². The van der Waals surface area contributed by atoms with Gasteiger partial charge in [0, 0.05) is 0 Å². The second-order valence-corrected chi connectivity index (χ2v) is 5.21. The number of carbonyl (C=O) groups excluding carboxylic acids is 1. The largest absolute Gasteiger partial charge is 0.481 e. The van der Waals surface area contributed by atoms with Crippen molar-refractivity contribution in [2.24, 2.45) is 0 Å². The molecule has 2 N–H and O–H groups in total. The summed E-state index contributed by atoms with van der Waals surface area (Å²) in [5.41, 5.74) is -1.37. The molecule has 20 heavy (non-hydrogen) atoms. The summed E-state index contributed by atoms with van der Waals surface area (Å²) in [6.07, 6.45) is 1.54. The Bertz CT molecular complexity index is 568. The third kappa shape index (κ3) is 2.64. The van der Waals surface area contributed by atoms with Gasteiger partial charge in [0.1, 0.15) is 17.2 Å². The summed E-state index contributed by atoms with van der Waals surface area (Å²) in [5.74, 6) is -3.80. The van der Waals surface area contributed by atoms with Gasteiger partial charge in [0.05, 0.1) is 12.0 Å². The standard InChI is InChI=1S/C14H15F2NO3/c1-8-3-4-9(15)11(12(8)16)13(20)17-14(5-2-6-14)7-10(18)19/h3-4H,2,5-7H2,1H3,(H,17,20)(H,18,19). The molecule has 1 amide bonds. The van der Waals surface area contributed by atoms with Crippen LogP contribution in [0.5, 0.6) is 0 Å². The van der Waals surface area contributed by atoms with Gasteiger partial charge >= 0.3 is 5.97 Å². The maximum absolute atomic E-state index is 13.9. The van der Waals surface area contributed by atoms with E-state index in [4.69, 9.17) is 5.11 Å². The van der Waals surface area contributed by atoms with Crippen molar-refractivity contribution in [1.82, 2.24) is 5.32 Å². The Morgan fingerprint density at radius 2 is 2.00 bits per heavy atom. The molecule has 0 unspecified atom stereocenters. The summed E-state index contributed by atoms with van der Waals surface area (Å²) in [6.45, 7) is 1.43. The zero-order chi connectivity index (χ0) is 14.9. The fourth-order valence-corrected chi connectivity index (χ4v) is 2.41. The zero-order valence-corrected chi connectivity index (χ0v) is 11.0. The number of amides is 1. The van der Waals surface area contributed by atoms with E-state index < -0.39 is 34.6 Å². The first kappa shape index (κ1) is 14.4. The monoisotopic (exact) mass is 283 g/mol. The minimum atomic E-state index is -1.05. The van der Waals surface area contributed by atoms with E-state index >= 15 is 0 Å². The first-order valence-corrected chi connectivity index (χ1v) is 6.33. The highest BCUT2D eigenvalue weighted by molar-refractivity contribution is 5.95. The SMILES string of the molecule is Cc1ccc(F)c(C(=O)NC2(CC(=O)O)CCC2)c1F. The van der Waals surface area contributed by atoms with Gasteiger partial charge in [-0.25, -0.2) is 8.78 Å². The molecule has 1 aliphatic rings. The second kappa shape index (κ2) is 5.19. The highest BCUT2D eigenvalue weighted by Gasteiger charge is 2.41. The van der Waals surface area contributed by atoms with Crippen LogP contribution in [-0.4, -0.2) is 22.5 Å². The number of aryl methyl sites for hydroxylation is 1. The molecule has 0 saturated heterocycles. The van der Waals surface area contributed by atoms with Gasteiger partial charge in [0.15, 0.2) is 0 Å². The number of carbonyl (C=O) groups is 2. The number of rotatable bonds is 4. The predicted octanol–water partition coefficient (Wildman–Crippen LogP) is 2.40. The summed E-state index contributed by atoms with van der Waals surface area (Å²) in [5, 5.41) is 11.3. The second-order valence-electron chi connectivity index (χ2n) is 5.21. The van der Waals surface area contributed by atoms with E-state index in [0.717, 1.165) is 12.5 Å². The highest BCUT2D eigenvalue weighted by Crippen LogP contribution is 2.35. The van der Waals surface area contributed by atoms with Crippen molar-refractivity contribution in [2.45, 2.75) is 38.1 Å². The number of aliphatic carboxylic acids is 1. The molecule has 4 nitrogen and oxygen atoms in total. The quantitative estimate of drug-likeness (QED) is 0.891. The van der Waals surface area contributed by atoms with E-state index in [0.29, 0.717) is 12.8 Å². The molecule has 0 atom stereocenters. The Labute approximate surface area is 114 Å². The van der Waals surface area contributed by atoms with Crippen LogP contribution >= 0.6 is 0 Å². The third-order valence-corrected chi connectivity index (χ3v) is 3.69. The maximum Gasteiger partial charge on any atom is 0.305 e. The van der Waals surface area contributed by atoms with Crippen LogP contribution in [0.2, 0.25) is 0 Å². The zero-order valence-electron chi connectivity index (χ0n) is 11.0. The number of carboxylic acid groups (broad SMARTS) is 1. The molecule has 1 saturated carbocycles. The highest BCUT2D eigenvalue weighted by atomic mass is 19.1. The Morgan fingerprint density at radius 1 is 1.35 bits per heavy atom. The maximum atomic E-state index is 13.9. The lowest BCUT2D eigenvalue weighted by molar-refractivity contribution is -0.139. The van der Waals surface area contributed by atoms with Crippen molar-refractivity contribution in [3.05, 3.63) is 34.9 Å². The number of hydrogen-bond acceptors (Lipinski definition) is 2. The van der Waals surface area contributed by atoms with Crippen LogP contribution in [0.15, 0.2) is 12.1 Å². The average Bonchev–Trinajstić information content (AvgIpc) is 2.31. The van der Waals surface area contributed by atoms with Crippen LogP contribution in [0, 0.1) is 18.6 Å². The Hall–Kier alpha value is -1.98. The third-order valence-electron chi connectivity index (χ3n) is 3.69. The summed E-state index contributed by atoms with van der Waals surface area (Å²) in [7, 11) is 0. The van der Waals surface area contributed by atoms with Crippen LogP contribution in [0.4, 0.5) is 8.78 Å². The van der Waals surface area contributed by atoms with Gasteiger partial charge in [-0.05, 0) is 37.8 Å². The molecule has 0 radical (unpaired) electrons. The van der Waals surface area contributed by atoms with Crippen molar-refractivity contribution in [3.8, 4) is 0 Å². The van der Waals surface area contributed by atoms with Gasteiger partial charge in [-0.15, -0.1) is 0 Å². The van der Waals surface area contributed by atoms with Crippen LogP contribution in [0.25, 0.3) is 0 Å². The van der Waals surface area contributed by atoms with E-state index in [1.807, 2.05) is 0 Å². The molecule has 108 valence electrons. The Balaban J connectivity index is 2.24. The molecule has 1 fully saturated rings. The van der Waals surface area contributed by atoms with E-state index in [9.17, 15) is 18.4 Å². The summed E-state index contributed by atoms with van der Waals surface area (Å²) >= 11 is 0. The molecular formula is C14H15F2NO3. The number of hydrogen-bond donors (Lipinski definition) is 2. The first-order valence-electron chi connectivity index (χ1n) is 6.33. The number of halogens is 2. The lowest BCUT2D eigenvalue weighted by atomic mass is 9.74. The molecule has 1 aliphatic carbocycles. The van der Waals surface area contributed by atoms with E-state index in [1.165, 1.54) is 13.0 Å². The van der Waals surface area contributed by atoms with Crippen molar-refractivity contribution < 1.29 is 23.5 Å². The normalized spacial score (nSPS) is 16.4. The topological polar surface area (TPSA) is 66.4 Å². The number of carboxylic acids is 1. The minimum Gasteiger partial charge on any atom is -0.481 e. The van der Waals surface area contributed by atoms with Gasteiger partial charge in [-0.1, -0.05) is 6.07 Å². The molecule has 0 bridgehead atoms. The van der Waals surface area contributed by atoms with Crippen molar-refractivity contribution in [2.75, 3.05) is 0 Å². The fraction of sp³-hybridized carbons (Fsp3) is 0.429. The Morgan fingerprint density at radius 3 is 2.50 bits per heavy atom. The minimum absolute atomic E-state index is 0.164. The molecule has 1 aromatic carbocycles. The number of benzene rings is 1. The van der Waals surface area contributed by atoms with Crippen LogP contribution in [0.1, 0.15) is 41.6 Å². The lowest BCUT2D eigenvalue weighted by Crippen LogP contribution is -2.55. The summed E-state index contributed by atoms with van der Waals surface area (Å²) in [4.78, 5) is 22.9. The molecule has 6 heteroatoms. The van der Waals surface area contributed by atoms with Crippen LogP contribution in [0.3, 0.4) is 0 Å². The van der Waals surface area contributed by atoms with E-state index in [-0.39, 0.29) is 12.0 Å². The predicted molar refractivity (Wildman–Crippen MR) is 67.4 cm³/mol. The molecular weight excluding hydrogens is 268 g/mol. The van der Waals surface area contributed by atoms with Gasteiger partial charge in [0.25, 0.3) is 5.91 Å². The summed E-state index contributed by atoms with van der Waals surface area (Å²) in [6, 6.07) is 2.27. The van der Waals surface area contributed by atoms with Gasteiger partial charge < -0.3 is 10.4 Å². The van der Waals surface area contributed by atoms with E-state index in [2.05, 4.69) is 5.32 Å². The van der Waals surface area contributed by atoms with Crippen molar-refractivity contribution in [1.29, 1.82) is 0 Å². The average molecular weight is 283 g/mol. The van der Waals surface area contributed by atoms with Gasteiger partial charge in [0.2, 0.25) is 0 Å². The van der Waals surface area contributed by atoms with Crippen molar-refractivity contribution >= 4 is 11.9 Å². The smallest absolute Gasteiger partial charge is 0.305 e. The molecule has 0 spiro atoms. The number of nitrogens with one attached hydrogen (secondary N) is 1. The summed E-state index contributed by atoms with van der Waals surface area (Å²) < 4.78 is 27.5. The van der Waals surface area contributed by atoms with Crippen LogP contribution < -0.4 is 5.32 Å². The molecule has 0 aliphatic heterocycles. The van der Waals surface area contributed by atoms with Gasteiger partial charge in [-0.3, -0.25) is 9.59 Å².